The van der Waals surface area contributed by atoms with Gasteiger partial charge in [0.05, 0.1) is 4.91 Å². The number of nitrogens with zero attached hydrogens (tertiary/aromatic N) is 3. The van der Waals surface area contributed by atoms with E-state index in [-0.39, 0.29) is 22.9 Å². The number of aromatic nitrogens is 2. The van der Waals surface area contributed by atoms with Crippen LogP contribution in [0.5, 0.6) is 11.6 Å². The van der Waals surface area contributed by atoms with Crippen LogP contribution in [0.4, 0.5) is 0 Å². The summed E-state index contributed by atoms with van der Waals surface area (Å²) in [5.41, 5.74) is 2.44. The van der Waals surface area contributed by atoms with Crippen molar-refractivity contribution in [1.29, 1.82) is 0 Å². The Labute approximate surface area is 195 Å². The van der Waals surface area contributed by atoms with Gasteiger partial charge in [0, 0.05) is 12.7 Å². The summed E-state index contributed by atoms with van der Waals surface area (Å²) in [4.78, 5) is 32.9. The molecule has 1 aliphatic rings. The zero-order chi connectivity index (χ0) is 22.8. The molecule has 0 spiro atoms. The van der Waals surface area contributed by atoms with Crippen molar-refractivity contribution in [2.45, 2.75) is 33.6 Å². The molecule has 4 rings (SSSR count). The van der Waals surface area contributed by atoms with E-state index in [1.54, 1.807) is 23.2 Å². The van der Waals surface area contributed by atoms with Crippen molar-refractivity contribution < 1.29 is 9.53 Å². The highest BCUT2D eigenvalue weighted by Crippen LogP contribution is 2.34. The third-order valence-corrected chi connectivity index (χ3v) is 6.57. The molecule has 1 saturated heterocycles. The summed E-state index contributed by atoms with van der Waals surface area (Å²) in [6.45, 7) is 6.50. The fourth-order valence-electron chi connectivity index (χ4n) is 3.45. The van der Waals surface area contributed by atoms with Crippen molar-refractivity contribution in [2.24, 2.45) is 0 Å². The molecule has 0 bridgehead atoms. The van der Waals surface area contributed by atoms with Crippen LogP contribution in [0.3, 0.4) is 0 Å². The molecule has 1 fully saturated rings. The van der Waals surface area contributed by atoms with Crippen LogP contribution in [0.2, 0.25) is 0 Å². The van der Waals surface area contributed by atoms with Crippen molar-refractivity contribution in [3.05, 3.63) is 74.5 Å². The average Bonchev–Trinajstić information content (AvgIpc) is 3.05. The predicted octanol–water partition coefficient (Wildman–Crippen LogP) is 4.97. The molecule has 1 amide bonds. The number of fused-ring (bicyclic) bond motifs is 1. The lowest BCUT2D eigenvalue weighted by Crippen LogP contribution is -2.28. The molecule has 3 heterocycles. The molecule has 2 aromatic heterocycles. The van der Waals surface area contributed by atoms with Crippen LogP contribution in [0.1, 0.15) is 37.0 Å². The van der Waals surface area contributed by atoms with Gasteiger partial charge >= 0.3 is 0 Å². The first kappa shape index (κ1) is 22.2. The molecule has 32 heavy (non-hydrogen) atoms. The maximum Gasteiger partial charge on any atom is 0.269 e. The first-order valence-corrected chi connectivity index (χ1v) is 11.7. The van der Waals surface area contributed by atoms with Crippen molar-refractivity contribution in [1.82, 2.24) is 14.3 Å². The molecule has 0 saturated carbocycles. The van der Waals surface area contributed by atoms with Gasteiger partial charge in [-0.05, 0) is 55.2 Å². The van der Waals surface area contributed by atoms with Crippen LogP contribution >= 0.6 is 24.0 Å². The molecule has 8 heteroatoms. The summed E-state index contributed by atoms with van der Waals surface area (Å²) < 4.78 is 8.03. The number of carbonyl (C=O) groups excluding carboxylic acids is 1. The molecule has 0 aliphatic carbocycles. The number of hydrogen-bond donors (Lipinski definition) is 0. The lowest BCUT2D eigenvalue weighted by Gasteiger charge is -2.12. The highest BCUT2D eigenvalue weighted by Gasteiger charge is 2.32. The summed E-state index contributed by atoms with van der Waals surface area (Å²) >= 11 is 6.55. The largest absolute Gasteiger partial charge is 0.438 e. The highest BCUT2D eigenvalue weighted by molar-refractivity contribution is 8.26. The molecule has 1 aliphatic heterocycles. The van der Waals surface area contributed by atoms with Gasteiger partial charge in [0.2, 0.25) is 5.88 Å². The number of carbonyl (C=O) groups is 1. The minimum atomic E-state index is -0.306. The van der Waals surface area contributed by atoms with Crippen LogP contribution in [-0.4, -0.2) is 31.1 Å². The second kappa shape index (κ2) is 9.26. The predicted molar refractivity (Wildman–Crippen MR) is 132 cm³/mol. The summed E-state index contributed by atoms with van der Waals surface area (Å²) in [6.07, 6.45) is 4.92. The van der Waals surface area contributed by atoms with Crippen LogP contribution < -0.4 is 10.3 Å². The zero-order valence-corrected chi connectivity index (χ0v) is 19.8. The number of amides is 1. The number of hydrogen-bond acceptors (Lipinski definition) is 6. The van der Waals surface area contributed by atoms with Gasteiger partial charge in [-0.2, -0.15) is 4.98 Å². The summed E-state index contributed by atoms with van der Waals surface area (Å²) in [5, 5.41) is 0. The van der Waals surface area contributed by atoms with Gasteiger partial charge in [0.1, 0.15) is 21.3 Å². The highest BCUT2D eigenvalue weighted by atomic mass is 32.2. The smallest absolute Gasteiger partial charge is 0.269 e. The lowest BCUT2D eigenvalue weighted by atomic mass is 10.2. The Morgan fingerprint density at radius 3 is 2.59 bits per heavy atom. The molecule has 1 aromatic carbocycles. The quantitative estimate of drug-likeness (QED) is 0.378. The first-order valence-electron chi connectivity index (χ1n) is 10.5. The molecule has 164 valence electrons. The number of rotatable bonds is 6. The topological polar surface area (TPSA) is 63.9 Å². The number of pyridine rings is 1. The number of aryl methyl sites for hydroxylation is 2. The van der Waals surface area contributed by atoms with E-state index in [0.29, 0.717) is 27.2 Å². The first-order chi connectivity index (χ1) is 15.4. The van der Waals surface area contributed by atoms with E-state index in [4.69, 9.17) is 17.0 Å². The average molecular weight is 466 g/mol. The van der Waals surface area contributed by atoms with Crippen molar-refractivity contribution in [2.75, 3.05) is 6.54 Å². The van der Waals surface area contributed by atoms with E-state index in [9.17, 15) is 9.59 Å². The van der Waals surface area contributed by atoms with Gasteiger partial charge in [-0.25, -0.2) is 0 Å². The molecule has 0 unspecified atom stereocenters. The Hall–Kier alpha value is -2.97. The Morgan fingerprint density at radius 1 is 1.16 bits per heavy atom. The standard InChI is InChI=1S/C24H23N3O3S2/c1-4-12-27-23(29)19(32-24(27)31)14-18-21(30-17-10-8-16(5-2)9-11-17)25-20-15(3)7-6-13-26(20)22(18)28/h6-11,13-14H,4-5,12H2,1-3H3/b19-14+. The third kappa shape index (κ3) is 4.20. The van der Waals surface area contributed by atoms with E-state index in [1.807, 2.05) is 44.2 Å². The maximum atomic E-state index is 13.4. The van der Waals surface area contributed by atoms with Crippen LogP contribution in [0.25, 0.3) is 11.7 Å². The molecule has 6 nitrogen and oxygen atoms in total. The van der Waals surface area contributed by atoms with Crippen molar-refractivity contribution in [3.63, 3.8) is 0 Å². The van der Waals surface area contributed by atoms with Crippen LogP contribution in [0.15, 0.2) is 52.3 Å². The van der Waals surface area contributed by atoms with Crippen molar-refractivity contribution >= 4 is 45.9 Å². The van der Waals surface area contributed by atoms with Gasteiger partial charge in [0.15, 0.2) is 0 Å². The van der Waals surface area contributed by atoms with E-state index in [1.165, 1.54) is 21.7 Å². The second-order valence-corrected chi connectivity index (χ2v) is 9.13. The Bertz CT molecular complexity index is 1300. The fraction of sp³-hybridized carbons (Fsp3) is 0.250. The Balaban J connectivity index is 1.85. The molecule has 0 atom stereocenters. The van der Waals surface area contributed by atoms with E-state index < -0.39 is 0 Å². The Morgan fingerprint density at radius 2 is 1.91 bits per heavy atom. The van der Waals surface area contributed by atoms with E-state index in [0.717, 1.165) is 18.4 Å². The van der Waals surface area contributed by atoms with E-state index in [2.05, 4.69) is 11.9 Å². The number of thiocarbonyl (C=S) groups is 1. The normalized spacial score (nSPS) is 15.2. The van der Waals surface area contributed by atoms with Crippen molar-refractivity contribution in [3.8, 4) is 11.6 Å². The second-order valence-electron chi connectivity index (χ2n) is 7.45. The molecule has 0 radical (unpaired) electrons. The molecule has 0 N–H and O–H groups in total. The van der Waals surface area contributed by atoms with Gasteiger partial charge in [0.25, 0.3) is 11.5 Å². The molecular weight excluding hydrogens is 442 g/mol. The van der Waals surface area contributed by atoms with Gasteiger partial charge in [-0.1, -0.05) is 56.0 Å². The van der Waals surface area contributed by atoms with Gasteiger partial charge in [-0.15, -0.1) is 0 Å². The summed E-state index contributed by atoms with van der Waals surface area (Å²) in [5.74, 6) is 0.531. The number of ether oxygens (including phenoxy) is 1. The zero-order valence-electron chi connectivity index (χ0n) is 18.1. The van der Waals surface area contributed by atoms with E-state index >= 15 is 0 Å². The van der Waals surface area contributed by atoms with Crippen LogP contribution in [-0.2, 0) is 11.2 Å². The summed E-state index contributed by atoms with van der Waals surface area (Å²) in [7, 11) is 0. The SMILES string of the molecule is CCCN1C(=O)/C(=C\c2c(Oc3ccc(CC)cc3)nc3c(C)cccn3c2=O)SC1=S. The third-order valence-electron chi connectivity index (χ3n) is 5.19. The van der Waals surface area contributed by atoms with Gasteiger partial charge < -0.3 is 4.74 Å². The minimum absolute atomic E-state index is 0.161. The number of benzene rings is 1. The van der Waals surface area contributed by atoms with Crippen LogP contribution in [0, 0.1) is 6.92 Å². The molecular formula is C24H23N3O3S2. The van der Waals surface area contributed by atoms with Gasteiger partial charge in [-0.3, -0.25) is 18.9 Å². The number of thioether (sulfide) groups is 1. The lowest BCUT2D eigenvalue weighted by molar-refractivity contribution is -0.122. The maximum absolute atomic E-state index is 13.4. The monoisotopic (exact) mass is 465 g/mol. The Kier molecular flexibility index (Phi) is 6.43. The minimum Gasteiger partial charge on any atom is -0.438 e. The fourth-order valence-corrected chi connectivity index (χ4v) is 4.74. The summed E-state index contributed by atoms with van der Waals surface area (Å²) in [6, 6.07) is 11.3. The molecule has 3 aromatic rings.